The van der Waals surface area contributed by atoms with Gasteiger partial charge in [0.25, 0.3) is 0 Å². The summed E-state index contributed by atoms with van der Waals surface area (Å²) >= 11 is 0. The zero-order valence-electron chi connectivity index (χ0n) is 20.9. The van der Waals surface area contributed by atoms with E-state index >= 15 is 0 Å². The van der Waals surface area contributed by atoms with Gasteiger partial charge < -0.3 is 4.57 Å². The van der Waals surface area contributed by atoms with Crippen LogP contribution in [0.4, 0.5) is 0 Å². The summed E-state index contributed by atoms with van der Waals surface area (Å²) in [6.07, 6.45) is 0. The molecule has 0 saturated heterocycles. The quantitative estimate of drug-likeness (QED) is 0.236. The number of fused-ring (bicyclic) bond motifs is 6. The van der Waals surface area contributed by atoms with Crippen LogP contribution in [0.3, 0.4) is 0 Å². The Labute approximate surface area is 216 Å². The van der Waals surface area contributed by atoms with E-state index in [4.69, 9.17) is 0 Å². The molecule has 0 fully saturated rings. The lowest BCUT2D eigenvalue weighted by Gasteiger charge is -2.11. The van der Waals surface area contributed by atoms with Gasteiger partial charge in [-0.25, -0.2) is 0 Å². The molecule has 37 heavy (non-hydrogen) atoms. The lowest BCUT2D eigenvalue weighted by Crippen LogP contribution is -1.95. The molecule has 0 unspecified atom stereocenters. The van der Waals surface area contributed by atoms with E-state index in [-0.39, 0.29) is 0 Å². The van der Waals surface area contributed by atoms with Gasteiger partial charge >= 0.3 is 0 Å². The molecule has 0 spiro atoms. The van der Waals surface area contributed by atoms with Crippen LogP contribution in [0.2, 0.25) is 0 Å². The van der Waals surface area contributed by atoms with E-state index in [1.807, 2.05) is 0 Å². The number of aromatic nitrogens is 1. The molecule has 1 aliphatic rings. The van der Waals surface area contributed by atoms with Crippen molar-refractivity contribution in [2.24, 2.45) is 0 Å². The molecule has 1 aromatic heterocycles. The Bertz CT molecular complexity index is 2030. The van der Waals surface area contributed by atoms with Crippen LogP contribution < -0.4 is 0 Å². The monoisotopic (exact) mass is 471 g/mol. The van der Waals surface area contributed by atoms with Crippen molar-refractivity contribution < 1.29 is 0 Å². The number of nitrogens with zero attached hydrogens (tertiary/aromatic N) is 1. The largest absolute Gasteiger partial charge is 0.309 e. The Morgan fingerprint density at radius 3 is 1.95 bits per heavy atom. The van der Waals surface area contributed by atoms with Gasteiger partial charge in [0.15, 0.2) is 0 Å². The van der Waals surface area contributed by atoms with Crippen LogP contribution in [0, 0.1) is 13.8 Å². The maximum absolute atomic E-state index is 2.41. The molecule has 0 N–H and O–H groups in total. The minimum absolute atomic E-state index is 1.22. The molecule has 174 valence electrons. The first-order valence-electron chi connectivity index (χ1n) is 12.9. The average Bonchev–Trinajstić information content (AvgIpc) is 3.42. The van der Waals surface area contributed by atoms with E-state index in [0.717, 1.165) is 0 Å². The Morgan fingerprint density at radius 2 is 1.14 bits per heavy atom. The molecule has 0 saturated carbocycles. The van der Waals surface area contributed by atoms with Crippen molar-refractivity contribution in [2.45, 2.75) is 13.8 Å². The van der Waals surface area contributed by atoms with Crippen LogP contribution in [0.1, 0.15) is 11.1 Å². The summed E-state index contributed by atoms with van der Waals surface area (Å²) in [6, 6.07) is 42.8. The van der Waals surface area contributed by atoms with Crippen molar-refractivity contribution in [3.63, 3.8) is 0 Å². The lowest BCUT2D eigenvalue weighted by molar-refractivity contribution is 1.16. The van der Waals surface area contributed by atoms with Gasteiger partial charge in [0.1, 0.15) is 0 Å². The average molecular weight is 472 g/mol. The Morgan fingerprint density at radius 1 is 0.459 bits per heavy atom. The van der Waals surface area contributed by atoms with Gasteiger partial charge in [-0.05, 0) is 106 Å². The molecule has 0 aliphatic heterocycles. The van der Waals surface area contributed by atoms with E-state index in [9.17, 15) is 0 Å². The van der Waals surface area contributed by atoms with E-state index in [0.29, 0.717) is 0 Å². The number of aryl methyl sites for hydroxylation is 2. The molecule has 0 amide bonds. The van der Waals surface area contributed by atoms with Gasteiger partial charge in [-0.3, -0.25) is 0 Å². The van der Waals surface area contributed by atoms with Crippen LogP contribution in [0.25, 0.3) is 71.6 Å². The molecule has 0 atom stereocenters. The van der Waals surface area contributed by atoms with Gasteiger partial charge in [-0.15, -0.1) is 0 Å². The predicted octanol–water partition coefficient (Wildman–Crippen LogP) is 9.87. The van der Waals surface area contributed by atoms with Gasteiger partial charge in [0, 0.05) is 16.5 Å². The summed E-state index contributed by atoms with van der Waals surface area (Å²) in [4.78, 5) is 0. The van der Waals surface area contributed by atoms with E-state index in [1.165, 1.54) is 82.8 Å². The second-order valence-corrected chi connectivity index (χ2v) is 10.4. The highest BCUT2D eigenvalue weighted by Crippen LogP contribution is 2.48. The van der Waals surface area contributed by atoms with Crippen LogP contribution in [-0.2, 0) is 0 Å². The first-order valence-corrected chi connectivity index (χ1v) is 12.9. The fourth-order valence-corrected chi connectivity index (χ4v) is 6.48. The zero-order valence-corrected chi connectivity index (χ0v) is 20.9. The minimum atomic E-state index is 1.22. The normalized spacial score (nSPS) is 12.1. The third kappa shape index (κ3) is 2.92. The topological polar surface area (TPSA) is 4.93 Å². The standard InChI is InChI=1S/C36H25N/c1-22-17-23(2)19-27(18-22)37-34-12-4-3-9-29(34)33-21-26(14-16-35(33)37)25-13-15-28-30-10-5-7-24-8-6-11-31(36(24)30)32(28)20-25/h3-21H,1-2H3. The van der Waals surface area contributed by atoms with Crippen LogP contribution >= 0.6 is 0 Å². The molecule has 6 aromatic carbocycles. The number of benzene rings is 6. The molecule has 0 bridgehead atoms. The number of hydrogen-bond donors (Lipinski definition) is 0. The maximum atomic E-state index is 2.41. The highest BCUT2D eigenvalue weighted by molar-refractivity contribution is 6.16. The Hall–Kier alpha value is -4.62. The van der Waals surface area contributed by atoms with Crippen molar-refractivity contribution in [1.29, 1.82) is 0 Å². The molecule has 1 aliphatic carbocycles. The Kier molecular flexibility index (Phi) is 4.14. The highest BCUT2D eigenvalue weighted by Gasteiger charge is 2.21. The fourth-order valence-electron chi connectivity index (χ4n) is 6.48. The summed E-state index contributed by atoms with van der Waals surface area (Å²) in [5.41, 5.74) is 14.2. The summed E-state index contributed by atoms with van der Waals surface area (Å²) in [6.45, 7) is 4.35. The fraction of sp³-hybridized carbons (Fsp3) is 0.0556. The second kappa shape index (κ2) is 7.44. The number of rotatable bonds is 2. The van der Waals surface area contributed by atoms with Crippen LogP contribution in [0.5, 0.6) is 0 Å². The van der Waals surface area contributed by atoms with Gasteiger partial charge in [-0.2, -0.15) is 0 Å². The smallest absolute Gasteiger partial charge is 0.0541 e. The van der Waals surface area contributed by atoms with Crippen molar-refractivity contribution in [2.75, 3.05) is 0 Å². The summed E-state index contributed by atoms with van der Waals surface area (Å²) in [5.74, 6) is 0. The SMILES string of the molecule is Cc1cc(C)cc(-n2c3ccccc3c3cc(-c4ccc5c(c4)-c4cccc6cccc-5c46)ccc32)c1. The molecular weight excluding hydrogens is 446 g/mol. The van der Waals surface area contributed by atoms with Gasteiger partial charge in [0.2, 0.25) is 0 Å². The van der Waals surface area contributed by atoms with Crippen molar-refractivity contribution >= 4 is 32.6 Å². The maximum Gasteiger partial charge on any atom is 0.0541 e. The zero-order chi connectivity index (χ0) is 24.7. The number of para-hydroxylation sites is 1. The Balaban J connectivity index is 1.34. The highest BCUT2D eigenvalue weighted by atomic mass is 15.0. The molecule has 1 heteroatoms. The molecular formula is C36H25N. The van der Waals surface area contributed by atoms with Gasteiger partial charge in [0.05, 0.1) is 11.0 Å². The summed E-state index contributed by atoms with van der Waals surface area (Å²) in [5, 5.41) is 5.27. The summed E-state index contributed by atoms with van der Waals surface area (Å²) < 4.78 is 2.41. The summed E-state index contributed by atoms with van der Waals surface area (Å²) in [7, 11) is 0. The van der Waals surface area contributed by atoms with Crippen LogP contribution in [0.15, 0.2) is 115 Å². The molecule has 1 heterocycles. The van der Waals surface area contributed by atoms with Crippen molar-refractivity contribution in [3.05, 3.63) is 126 Å². The second-order valence-electron chi connectivity index (χ2n) is 10.4. The van der Waals surface area contributed by atoms with Gasteiger partial charge in [-0.1, -0.05) is 78.9 Å². The first-order chi connectivity index (χ1) is 18.2. The van der Waals surface area contributed by atoms with Crippen molar-refractivity contribution in [3.8, 4) is 39.1 Å². The number of hydrogen-bond acceptors (Lipinski definition) is 0. The lowest BCUT2D eigenvalue weighted by atomic mass is 9.96. The molecule has 0 radical (unpaired) electrons. The van der Waals surface area contributed by atoms with Crippen molar-refractivity contribution in [1.82, 2.24) is 4.57 Å². The predicted molar refractivity (Wildman–Crippen MR) is 158 cm³/mol. The first kappa shape index (κ1) is 20.6. The van der Waals surface area contributed by atoms with E-state index in [2.05, 4.69) is 134 Å². The third-order valence-corrected chi connectivity index (χ3v) is 7.98. The molecule has 1 nitrogen and oxygen atoms in total. The molecule has 8 rings (SSSR count). The van der Waals surface area contributed by atoms with E-state index in [1.54, 1.807) is 0 Å². The molecule has 7 aromatic rings. The minimum Gasteiger partial charge on any atom is -0.309 e. The van der Waals surface area contributed by atoms with E-state index < -0.39 is 0 Å². The third-order valence-electron chi connectivity index (χ3n) is 7.98. The van der Waals surface area contributed by atoms with Crippen LogP contribution in [-0.4, -0.2) is 4.57 Å².